The van der Waals surface area contributed by atoms with Gasteiger partial charge < -0.3 is 15.4 Å². The molecule has 6 heteroatoms. The van der Waals surface area contributed by atoms with Gasteiger partial charge in [-0.05, 0) is 39.8 Å². The fraction of sp³-hybridized carbons (Fsp3) is 0.471. The van der Waals surface area contributed by atoms with Crippen molar-refractivity contribution in [1.29, 1.82) is 0 Å². The third-order valence-electron chi connectivity index (χ3n) is 2.80. The van der Waals surface area contributed by atoms with Crippen molar-refractivity contribution >= 4 is 12.0 Å². The average molecular weight is 319 g/mol. The third kappa shape index (κ3) is 8.60. The van der Waals surface area contributed by atoms with Crippen molar-refractivity contribution < 1.29 is 14.3 Å². The number of aromatic nitrogens is 1. The summed E-state index contributed by atoms with van der Waals surface area (Å²) in [5.41, 5.74) is 0.939. The number of hydrogen-bond donors (Lipinski definition) is 2. The molecule has 0 spiro atoms. The summed E-state index contributed by atoms with van der Waals surface area (Å²) < 4.78 is 5.11. The third-order valence-corrected chi connectivity index (χ3v) is 2.80. The molecule has 0 atom stereocenters. The second-order valence-electron chi connectivity index (χ2n) is 6.10. The van der Waals surface area contributed by atoms with E-state index >= 15 is 0 Å². The number of hydrogen-bond acceptors (Lipinski definition) is 4. The van der Waals surface area contributed by atoms with E-state index in [2.05, 4.69) is 15.6 Å². The van der Waals surface area contributed by atoms with Gasteiger partial charge in [-0.3, -0.25) is 9.78 Å². The fourth-order valence-corrected chi connectivity index (χ4v) is 1.68. The molecule has 2 N–H and O–H groups in total. The molecule has 23 heavy (non-hydrogen) atoms. The molecular formula is C17H25N3O3. The van der Waals surface area contributed by atoms with Crippen LogP contribution < -0.4 is 10.6 Å². The first-order chi connectivity index (χ1) is 10.8. The van der Waals surface area contributed by atoms with Gasteiger partial charge in [0.2, 0.25) is 5.91 Å². The number of carbonyl (C=O) groups excluding carboxylic acids is 2. The van der Waals surface area contributed by atoms with Crippen LogP contribution in [-0.2, 0) is 16.0 Å². The van der Waals surface area contributed by atoms with Crippen molar-refractivity contribution in [3.8, 4) is 0 Å². The molecule has 0 radical (unpaired) electrons. The highest BCUT2D eigenvalue weighted by Gasteiger charge is 2.15. The molecule has 0 saturated heterocycles. The number of carbonyl (C=O) groups is 2. The van der Waals surface area contributed by atoms with E-state index in [-0.39, 0.29) is 12.5 Å². The van der Waals surface area contributed by atoms with Crippen LogP contribution in [-0.4, -0.2) is 35.7 Å². The van der Waals surface area contributed by atoms with Gasteiger partial charge in [0.25, 0.3) is 0 Å². The highest BCUT2D eigenvalue weighted by atomic mass is 16.6. The van der Waals surface area contributed by atoms with Crippen LogP contribution in [0.3, 0.4) is 0 Å². The van der Waals surface area contributed by atoms with Crippen molar-refractivity contribution in [3.05, 3.63) is 41.7 Å². The molecule has 6 nitrogen and oxygen atoms in total. The molecule has 0 aliphatic heterocycles. The molecule has 1 heterocycles. The molecule has 1 rings (SSSR count). The molecule has 126 valence electrons. The second-order valence-corrected chi connectivity index (χ2v) is 6.10. The summed E-state index contributed by atoms with van der Waals surface area (Å²) in [4.78, 5) is 27.6. The van der Waals surface area contributed by atoms with E-state index in [9.17, 15) is 9.59 Å². The molecule has 0 unspecified atom stereocenters. The van der Waals surface area contributed by atoms with Crippen molar-refractivity contribution in [2.24, 2.45) is 0 Å². The van der Waals surface area contributed by atoms with Gasteiger partial charge in [-0.2, -0.15) is 0 Å². The zero-order chi connectivity index (χ0) is 17.3. The van der Waals surface area contributed by atoms with Gasteiger partial charge in [0.05, 0.1) is 0 Å². The van der Waals surface area contributed by atoms with Gasteiger partial charge in [0.1, 0.15) is 5.60 Å². The van der Waals surface area contributed by atoms with Crippen LogP contribution in [0.25, 0.3) is 0 Å². The minimum atomic E-state index is -0.536. The Morgan fingerprint density at radius 1 is 1.26 bits per heavy atom. The van der Waals surface area contributed by atoms with Gasteiger partial charge in [0, 0.05) is 37.0 Å². The molecular weight excluding hydrogens is 294 g/mol. The lowest BCUT2D eigenvalue weighted by Crippen LogP contribution is -2.33. The molecule has 1 aromatic rings. The first-order valence-corrected chi connectivity index (χ1v) is 7.59. The van der Waals surface area contributed by atoms with Crippen molar-refractivity contribution in [3.63, 3.8) is 0 Å². The average Bonchev–Trinajstić information content (AvgIpc) is 2.46. The summed E-state index contributed by atoms with van der Waals surface area (Å²) in [7, 11) is 0. The monoisotopic (exact) mass is 319 g/mol. The van der Waals surface area contributed by atoms with Gasteiger partial charge in [-0.25, -0.2) is 4.79 Å². The van der Waals surface area contributed by atoms with E-state index < -0.39 is 11.7 Å². The highest BCUT2D eigenvalue weighted by molar-refractivity contribution is 5.92. The lowest BCUT2D eigenvalue weighted by atomic mass is 10.2. The van der Waals surface area contributed by atoms with Crippen LogP contribution >= 0.6 is 0 Å². The normalized spacial score (nSPS) is 11.7. The van der Waals surface area contributed by atoms with Crippen LogP contribution in [0.5, 0.6) is 0 Å². The van der Waals surface area contributed by atoms with Crippen LogP contribution in [0.4, 0.5) is 4.79 Å². The minimum absolute atomic E-state index is 0.160. The fourth-order valence-electron chi connectivity index (χ4n) is 1.68. The Bertz CT molecular complexity index is 548. The van der Waals surface area contributed by atoms with E-state index in [0.29, 0.717) is 18.5 Å². The Morgan fingerprint density at radius 3 is 2.61 bits per heavy atom. The van der Waals surface area contributed by atoms with Crippen molar-refractivity contribution in [2.75, 3.05) is 13.1 Å². The second kappa shape index (κ2) is 8.92. The Balaban J connectivity index is 2.28. The quantitative estimate of drug-likeness (QED) is 0.788. The van der Waals surface area contributed by atoms with E-state index in [1.54, 1.807) is 40.0 Å². The lowest BCUT2D eigenvalue weighted by molar-refractivity contribution is -0.117. The van der Waals surface area contributed by atoms with Crippen molar-refractivity contribution in [2.45, 2.75) is 39.7 Å². The summed E-state index contributed by atoms with van der Waals surface area (Å²) in [6.07, 6.45) is 3.55. The highest BCUT2D eigenvalue weighted by Crippen LogP contribution is 2.06. The maximum atomic E-state index is 11.9. The smallest absolute Gasteiger partial charge is 0.407 e. The molecule has 0 fully saturated rings. The van der Waals surface area contributed by atoms with Crippen molar-refractivity contribution in [1.82, 2.24) is 15.6 Å². The zero-order valence-electron chi connectivity index (χ0n) is 14.2. The summed E-state index contributed by atoms with van der Waals surface area (Å²) >= 11 is 0. The maximum absolute atomic E-state index is 11.9. The number of alkyl carbamates (subject to hydrolysis) is 1. The first kappa shape index (κ1) is 18.7. The number of pyridine rings is 1. The van der Waals surface area contributed by atoms with Gasteiger partial charge in [-0.15, -0.1) is 0 Å². The van der Waals surface area contributed by atoms with E-state index in [4.69, 9.17) is 4.74 Å². The Labute approximate surface area is 137 Å². The topological polar surface area (TPSA) is 80.3 Å². The summed E-state index contributed by atoms with van der Waals surface area (Å²) in [5, 5.41) is 5.40. The lowest BCUT2D eigenvalue weighted by Gasteiger charge is -2.19. The van der Waals surface area contributed by atoms with E-state index in [1.807, 2.05) is 18.2 Å². The van der Waals surface area contributed by atoms with Crippen LogP contribution in [0.15, 0.2) is 36.0 Å². The SMILES string of the molecule is C/C(=C\CNC(=O)OC(C)(C)C)C(=O)NCCc1ccccn1. The molecule has 0 aliphatic carbocycles. The van der Waals surface area contributed by atoms with Crippen LogP contribution in [0, 0.1) is 0 Å². The summed E-state index contributed by atoms with van der Waals surface area (Å²) in [5.74, 6) is -0.160. The number of nitrogens with zero attached hydrogens (tertiary/aromatic N) is 1. The van der Waals surface area contributed by atoms with E-state index in [0.717, 1.165) is 5.69 Å². The van der Waals surface area contributed by atoms with Crippen LogP contribution in [0.1, 0.15) is 33.4 Å². The molecule has 0 bridgehead atoms. The molecule has 2 amide bonds. The van der Waals surface area contributed by atoms with Crippen LogP contribution in [0.2, 0.25) is 0 Å². The predicted octanol–water partition coefficient (Wildman–Crippen LogP) is 2.21. The predicted molar refractivity (Wildman–Crippen MR) is 88.9 cm³/mol. The molecule has 1 aromatic heterocycles. The van der Waals surface area contributed by atoms with E-state index in [1.165, 1.54) is 0 Å². The largest absolute Gasteiger partial charge is 0.444 e. The Morgan fingerprint density at radius 2 is 2.00 bits per heavy atom. The van der Waals surface area contributed by atoms with Gasteiger partial charge >= 0.3 is 6.09 Å². The van der Waals surface area contributed by atoms with Gasteiger partial charge in [0.15, 0.2) is 0 Å². The summed E-state index contributed by atoms with van der Waals surface area (Å²) in [6, 6.07) is 5.68. The summed E-state index contributed by atoms with van der Waals surface area (Å²) in [6.45, 7) is 7.84. The first-order valence-electron chi connectivity index (χ1n) is 7.59. The Hall–Kier alpha value is -2.37. The minimum Gasteiger partial charge on any atom is -0.444 e. The number of ether oxygens (including phenoxy) is 1. The molecule has 0 aromatic carbocycles. The number of amides is 2. The zero-order valence-corrected chi connectivity index (χ0v) is 14.2. The standard InChI is InChI=1S/C17H25N3O3/c1-13(8-11-20-16(22)23-17(2,3)4)15(21)19-12-9-14-7-5-6-10-18-14/h5-8,10H,9,11-12H2,1-4H3,(H,19,21)(H,20,22)/b13-8+. The van der Waals surface area contributed by atoms with Gasteiger partial charge in [-0.1, -0.05) is 12.1 Å². The maximum Gasteiger partial charge on any atom is 0.407 e. The molecule has 0 saturated carbocycles. The Kier molecular flexibility index (Phi) is 7.25. The molecule has 0 aliphatic rings. The number of rotatable bonds is 6. The number of nitrogens with one attached hydrogen (secondary N) is 2.